The third kappa shape index (κ3) is 7.51. The van der Waals surface area contributed by atoms with Gasteiger partial charge < -0.3 is 34.6 Å². The molecule has 3 heterocycles. The lowest BCUT2D eigenvalue weighted by molar-refractivity contribution is -0.150. The summed E-state index contributed by atoms with van der Waals surface area (Å²) in [5, 5.41) is 13.1. The van der Waals surface area contributed by atoms with Crippen LogP contribution in [-0.4, -0.2) is 113 Å². The quantitative estimate of drug-likeness (QED) is 0.374. The summed E-state index contributed by atoms with van der Waals surface area (Å²) < 4.78 is 11.2. The maximum atomic E-state index is 13.4. The molecule has 2 aliphatic heterocycles. The predicted octanol–water partition coefficient (Wildman–Crippen LogP) is 2.98. The molecule has 5 rings (SSSR count). The summed E-state index contributed by atoms with van der Waals surface area (Å²) in [6, 6.07) is 5.93. The second-order valence-electron chi connectivity index (χ2n) is 12.3. The fourth-order valence-corrected chi connectivity index (χ4v) is 6.69. The molecule has 1 aliphatic carbocycles. The molecule has 4 amide bonds. The summed E-state index contributed by atoms with van der Waals surface area (Å²) in [5.74, 6) is -1.83. The number of fused-ring (bicyclic) bond motifs is 2. The van der Waals surface area contributed by atoms with E-state index in [1.54, 1.807) is 21.9 Å². The van der Waals surface area contributed by atoms with Crippen molar-refractivity contribution in [3.05, 3.63) is 35.5 Å². The van der Waals surface area contributed by atoms with Crippen molar-refractivity contribution in [1.82, 2.24) is 25.0 Å². The normalized spacial score (nSPS) is 21.1. The van der Waals surface area contributed by atoms with Gasteiger partial charge in [-0.05, 0) is 56.2 Å². The molecule has 3 atom stereocenters. The Kier molecular flexibility index (Phi) is 10.6. The Hall–Kier alpha value is -4.42. The summed E-state index contributed by atoms with van der Waals surface area (Å²) in [4.78, 5) is 72.8. The third-order valence-electron chi connectivity index (χ3n) is 9.19. The number of nitrogens with one attached hydrogen (secondary N) is 1. The molecule has 0 spiro atoms. The van der Waals surface area contributed by atoms with Gasteiger partial charge in [-0.1, -0.05) is 32.3 Å². The van der Waals surface area contributed by atoms with Crippen molar-refractivity contribution in [2.45, 2.75) is 70.9 Å². The van der Waals surface area contributed by atoms with Gasteiger partial charge in [-0.2, -0.15) is 0 Å². The van der Waals surface area contributed by atoms with Crippen molar-refractivity contribution in [2.24, 2.45) is 5.92 Å². The minimum atomic E-state index is -1.01. The number of unbranched alkanes of at least 4 members (excludes halogenated alkanes) is 1. The lowest BCUT2D eigenvalue weighted by Crippen LogP contribution is -2.52. The zero-order valence-electron chi connectivity index (χ0n) is 26.5. The number of nitrogens with zero attached hydrogens (tertiary/aromatic N) is 4. The number of hydrogen-bond acceptors (Lipinski definition) is 8. The number of piperazine rings is 1. The minimum absolute atomic E-state index is 0.0184. The summed E-state index contributed by atoms with van der Waals surface area (Å²) in [5.41, 5.74) is 1.41. The molecule has 0 bridgehead atoms. The summed E-state index contributed by atoms with van der Waals surface area (Å²) in [7, 11) is 0. The molecule has 3 aliphatic rings. The summed E-state index contributed by atoms with van der Waals surface area (Å²) in [6.07, 6.45) is 5.49. The van der Waals surface area contributed by atoms with Crippen LogP contribution in [0.3, 0.4) is 0 Å². The number of amides is 4. The van der Waals surface area contributed by atoms with E-state index in [0.717, 1.165) is 44.1 Å². The highest BCUT2D eigenvalue weighted by Crippen LogP contribution is 2.40. The highest BCUT2D eigenvalue weighted by molar-refractivity contribution is 5.99. The number of aryl methyl sites for hydroxylation is 1. The van der Waals surface area contributed by atoms with Crippen LogP contribution in [0.25, 0.3) is 10.9 Å². The van der Waals surface area contributed by atoms with Crippen LogP contribution in [0, 0.1) is 12.8 Å². The standard InChI is InChI=1S/C33H43N5O8/c1-3-4-15-45-33(44)37-13-11-36(12-14-37)29(39)19-34-31(41)25-18-28(23-10-9-21(2)16-24(23)35-25)46-20-30(40)38-26-8-6-5-7-22(26)17-27(38)32(42)43/h9-10,16,18,22,26-27H,3-8,11-15,17,19-20H2,1-2H3,(H,34,41)(H,42,43)/t22-,26-,27+/m1/s1. The van der Waals surface area contributed by atoms with E-state index in [9.17, 15) is 29.1 Å². The van der Waals surface area contributed by atoms with Crippen LogP contribution in [0.5, 0.6) is 5.75 Å². The number of carboxylic acids is 1. The SMILES string of the molecule is CCCCOC(=O)N1CCN(C(=O)CNC(=O)c2cc(OCC(=O)N3[C@@H]4CCCC[C@@H]4C[C@H]3C(=O)O)c3ccc(C)cc3n2)CC1. The Morgan fingerprint density at radius 2 is 1.74 bits per heavy atom. The van der Waals surface area contributed by atoms with Crippen LogP contribution in [0.1, 0.15) is 67.9 Å². The molecule has 0 radical (unpaired) electrons. The first-order valence-corrected chi connectivity index (χ1v) is 16.2. The fraction of sp³-hybridized carbons (Fsp3) is 0.576. The number of carboxylic acid groups (broad SMARTS) is 1. The van der Waals surface area contributed by atoms with Crippen molar-refractivity contribution in [2.75, 3.05) is 45.9 Å². The van der Waals surface area contributed by atoms with Gasteiger partial charge in [-0.15, -0.1) is 0 Å². The smallest absolute Gasteiger partial charge is 0.409 e. The van der Waals surface area contributed by atoms with E-state index >= 15 is 0 Å². The van der Waals surface area contributed by atoms with Gasteiger partial charge >= 0.3 is 12.1 Å². The largest absolute Gasteiger partial charge is 0.483 e. The van der Waals surface area contributed by atoms with Gasteiger partial charge in [-0.25, -0.2) is 14.6 Å². The van der Waals surface area contributed by atoms with Crippen molar-refractivity contribution >= 4 is 40.7 Å². The van der Waals surface area contributed by atoms with Gasteiger partial charge in [0.05, 0.1) is 18.7 Å². The van der Waals surface area contributed by atoms with Crippen molar-refractivity contribution in [1.29, 1.82) is 0 Å². The third-order valence-corrected chi connectivity index (χ3v) is 9.19. The number of rotatable bonds is 10. The number of benzene rings is 1. The molecule has 1 aromatic heterocycles. The Balaban J connectivity index is 1.22. The Morgan fingerprint density at radius 1 is 1.00 bits per heavy atom. The van der Waals surface area contributed by atoms with Gasteiger partial charge in [0, 0.05) is 43.7 Å². The molecule has 46 heavy (non-hydrogen) atoms. The average molecular weight is 638 g/mol. The number of carbonyl (C=O) groups is 5. The van der Waals surface area contributed by atoms with Gasteiger partial charge in [-0.3, -0.25) is 14.4 Å². The van der Waals surface area contributed by atoms with Gasteiger partial charge in [0.1, 0.15) is 17.5 Å². The maximum Gasteiger partial charge on any atom is 0.409 e. The number of likely N-dealkylation sites (tertiary alicyclic amines) is 1. The molecular formula is C33H43N5O8. The monoisotopic (exact) mass is 637 g/mol. The molecule has 13 heteroatoms. The number of hydrogen-bond donors (Lipinski definition) is 2. The number of ether oxygens (including phenoxy) is 2. The maximum absolute atomic E-state index is 13.4. The fourth-order valence-electron chi connectivity index (χ4n) is 6.69. The van der Waals surface area contributed by atoms with E-state index in [-0.39, 0.29) is 48.6 Å². The second-order valence-corrected chi connectivity index (χ2v) is 12.3. The highest BCUT2D eigenvalue weighted by atomic mass is 16.6. The Labute approximate surface area is 268 Å². The van der Waals surface area contributed by atoms with E-state index in [0.29, 0.717) is 50.1 Å². The molecule has 0 unspecified atom stereocenters. The molecule has 13 nitrogen and oxygen atoms in total. The van der Waals surface area contributed by atoms with Crippen LogP contribution < -0.4 is 10.1 Å². The number of aliphatic carboxylic acids is 1. The van der Waals surface area contributed by atoms with Gasteiger partial charge in [0.15, 0.2) is 6.61 Å². The van der Waals surface area contributed by atoms with Crippen molar-refractivity contribution < 1.29 is 38.6 Å². The highest BCUT2D eigenvalue weighted by Gasteiger charge is 2.47. The number of carbonyl (C=O) groups excluding carboxylic acids is 4. The topological polar surface area (TPSA) is 159 Å². The lowest BCUT2D eigenvalue weighted by Gasteiger charge is -2.34. The van der Waals surface area contributed by atoms with Crippen LogP contribution in [-0.2, 0) is 19.1 Å². The molecule has 248 valence electrons. The van der Waals surface area contributed by atoms with E-state index in [1.807, 2.05) is 19.9 Å². The molecule has 1 saturated carbocycles. The zero-order valence-corrected chi connectivity index (χ0v) is 26.5. The van der Waals surface area contributed by atoms with E-state index < -0.39 is 23.8 Å². The van der Waals surface area contributed by atoms with Crippen LogP contribution in [0.4, 0.5) is 4.79 Å². The van der Waals surface area contributed by atoms with Crippen molar-refractivity contribution in [3.63, 3.8) is 0 Å². The van der Waals surface area contributed by atoms with E-state index in [4.69, 9.17) is 9.47 Å². The molecule has 2 aromatic rings. The molecular weight excluding hydrogens is 594 g/mol. The van der Waals surface area contributed by atoms with Gasteiger partial charge in [0.25, 0.3) is 11.8 Å². The Morgan fingerprint density at radius 3 is 2.48 bits per heavy atom. The minimum Gasteiger partial charge on any atom is -0.483 e. The first kappa shape index (κ1) is 33.0. The van der Waals surface area contributed by atoms with E-state index in [1.165, 1.54) is 11.0 Å². The molecule has 2 N–H and O–H groups in total. The molecule has 1 aromatic carbocycles. The Bertz CT molecular complexity index is 1470. The van der Waals surface area contributed by atoms with Crippen LogP contribution in [0.15, 0.2) is 24.3 Å². The number of aromatic nitrogens is 1. The first-order valence-electron chi connectivity index (χ1n) is 16.2. The lowest BCUT2D eigenvalue weighted by atomic mass is 9.85. The van der Waals surface area contributed by atoms with Crippen LogP contribution in [0.2, 0.25) is 0 Å². The predicted molar refractivity (Wildman–Crippen MR) is 167 cm³/mol. The number of pyridine rings is 1. The van der Waals surface area contributed by atoms with Gasteiger partial charge in [0.2, 0.25) is 5.91 Å². The summed E-state index contributed by atoms with van der Waals surface area (Å²) >= 11 is 0. The second kappa shape index (κ2) is 14.8. The molecule has 3 fully saturated rings. The van der Waals surface area contributed by atoms with Crippen LogP contribution >= 0.6 is 0 Å². The molecule has 2 saturated heterocycles. The van der Waals surface area contributed by atoms with E-state index in [2.05, 4.69) is 10.3 Å². The average Bonchev–Trinajstić information content (AvgIpc) is 3.46. The van der Waals surface area contributed by atoms with Crippen molar-refractivity contribution in [3.8, 4) is 5.75 Å². The first-order chi connectivity index (χ1) is 22.2. The summed E-state index contributed by atoms with van der Waals surface area (Å²) in [6.45, 7) is 5.01. The zero-order chi connectivity index (χ0) is 32.8.